The zero-order valence-corrected chi connectivity index (χ0v) is 11.6. The standard InChI is InChI=1S/C14H17ClO4/c1-17-6-7-18-14-12(16)8-13(14)19-9-10-2-4-11(15)5-3-10/h2-5,13-14H,6-9H2,1H3. The van der Waals surface area contributed by atoms with Crippen LogP contribution in [0.25, 0.3) is 0 Å². The molecule has 0 radical (unpaired) electrons. The van der Waals surface area contributed by atoms with Gasteiger partial charge in [0.25, 0.3) is 0 Å². The highest BCUT2D eigenvalue weighted by molar-refractivity contribution is 6.30. The van der Waals surface area contributed by atoms with Crippen LogP contribution < -0.4 is 0 Å². The molecule has 0 saturated heterocycles. The molecule has 4 nitrogen and oxygen atoms in total. The van der Waals surface area contributed by atoms with Crippen LogP contribution in [0.4, 0.5) is 0 Å². The van der Waals surface area contributed by atoms with Gasteiger partial charge in [0.2, 0.25) is 0 Å². The van der Waals surface area contributed by atoms with E-state index < -0.39 is 6.10 Å². The van der Waals surface area contributed by atoms with Crippen LogP contribution in [0.15, 0.2) is 24.3 Å². The van der Waals surface area contributed by atoms with Crippen LogP contribution in [0.5, 0.6) is 0 Å². The average molecular weight is 285 g/mol. The van der Waals surface area contributed by atoms with Crippen LogP contribution >= 0.6 is 11.6 Å². The predicted octanol–water partition coefficient (Wildman–Crippen LogP) is 2.23. The second kappa shape index (κ2) is 7.01. The Morgan fingerprint density at radius 3 is 2.58 bits per heavy atom. The number of rotatable bonds is 7. The molecular weight excluding hydrogens is 268 g/mol. The zero-order valence-electron chi connectivity index (χ0n) is 10.8. The molecule has 1 aliphatic carbocycles. The Morgan fingerprint density at radius 2 is 1.95 bits per heavy atom. The number of Topliss-reactive ketones (excluding diaryl/α,β-unsaturated/α-hetero) is 1. The van der Waals surface area contributed by atoms with Crippen molar-refractivity contribution in [3.8, 4) is 0 Å². The fourth-order valence-corrected chi connectivity index (χ4v) is 1.98. The lowest BCUT2D eigenvalue weighted by atomic mass is 9.90. The van der Waals surface area contributed by atoms with Gasteiger partial charge in [0.1, 0.15) is 6.10 Å². The molecule has 0 aliphatic heterocycles. The van der Waals surface area contributed by atoms with E-state index in [0.717, 1.165) is 5.56 Å². The van der Waals surface area contributed by atoms with E-state index >= 15 is 0 Å². The summed E-state index contributed by atoms with van der Waals surface area (Å²) in [5.41, 5.74) is 1.03. The van der Waals surface area contributed by atoms with Crippen molar-refractivity contribution in [3.05, 3.63) is 34.9 Å². The molecule has 2 rings (SSSR count). The highest BCUT2D eigenvalue weighted by atomic mass is 35.5. The molecule has 104 valence electrons. The van der Waals surface area contributed by atoms with E-state index in [1.54, 1.807) is 7.11 Å². The minimum Gasteiger partial charge on any atom is -0.382 e. The number of hydrogen-bond acceptors (Lipinski definition) is 4. The monoisotopic (exact) mass is 284 g/mol. The van der Waals surface area contributed by atoms with Crippen LogP contribution in [-0.2, 0) is 25.6 Å². The number of ether oxygens (including phenoxy) is 3. The summed E-state index contributed by atoms with van der Waals surface area (Å²) in [5, 5.41) is 0.698. The third-order valence-electron chi connectivity index (χ3n) is 3.02. The summed E-state index contributed by atoms with van der Waals surface area (Å²) >= 11 is 5.81. The normalized spacial score (nSPS) is 22.3. The molecule has 0 bridgehead atoms. The molecule has 0 heterocycles. The Bertz CT molecular complexity index is 418. The maximum Gasteiger partial charge on any atom is 0.166 e. The topological polar surface area (TPSA) is 44.8 Å². The van der Waals surface area contributed by atoms with Crippen molar-refractivity contribution < 1.29 is 19.0 Å². The molecular formula is C14H17ClO4. The third kappa shape index (κ3) is 4.01. The Balaban J connectivity index is 1.76. The minimum atomic E-state index is -0.442. The van der Waals surface area contributed by atoms with Crippen LogP contribution in [0.3, 0.4) is 0 Å². The molecule has 1 saturated carbocycles. The summed E-state index contributed by atoms with van der Waals surface area (Å²) in [6.45, 7) is 1.35. The first-order chi connectivity index (χ1) is 9.20. The number of ketones is 1. The lowest BCUT2D eigenvalue weighted by molar-refractivity contribution is -0.169. The van der Waals surface area contributed by atoms with Crippen molar-refractivity contribution in [2.75, 3.05) is 20.3 Å². The van der Waals surface area contributed by atoms with Crippen molar-refractivity contribution >= 4 is 17.4 Å². The summed E-state index contributed by atoms with van der Waals surface area (Å²) < 4.78 is 16.0. The number of methoxy groups -OCH3 is 1. The fourth-order valence-electron chi connectivity index (χ4n) is 1.86. The lowest BCUT2D eigenvalue weighted by Gasteiger charge is -2.34. The van der Waals surface area contributed by atoms with E-state index in [2.05, 4.69) is 0 Å². The number of carbonyl (C=O) groups is 1. The van der Waals surface area contributed by atoms with E-state index in [0.29, 0.717) is 31.3 Å². The molecule has 0 aromatic heterocycles. The van der Waals surface area contributed by atoms with Gasteiger partial charge >= 0.3 is 0 Å². The molecule has 0 spiro atoms. The summed E-state index contributed by atoms with van der Waals surface area (Å²) in [4.78, 5) is 11.4. The molecule has 1 aromatic rings. The highest BCUT2D eigenvalue weighted by Crippen LogP contribution is 2.24. The van der Waals surface area contributed by atoms with Crippen molar-refractivity contribution in [1.29, 1.82) is 0 Å². The predicted molar refractivity (Wildman–Crippen MR) is 71.3 cm³/mol. The molecule has 19 heavy (non-hydrogen) atoms. The second-order valence-corrected chi connectivity index (χ2v) is 4.87. The SMILES string of the molecule is COCCOC1C(=O)CC1OCc1ccc(Cl)cc1. The summed E-state index contributed by atoms with van der Waals surface area (Å²) in [7, 11) is 1.60. The molecule has 5 heteroatoms. The van der Waals surface area contributed by atoms with Gasteiger partial charge in [-0.15, -0.1) is 0 Å². The maximum absolute atomic E-state index is 11.4. The van der Waals surface area contributed by atoms with Crippen molar-refractivity contribution in [2.24, 2.45) is 0 Å². The van der Waals surface area contributed by atoms with Crippen molar-refractivity contribution in [1.82, 2.24) is 0 Å². The second-order valence-electron chi connectivity index (χ2n) is 4.43. The van der Waals surface area contributed by atoms with Crippen LogP contribution in [-0.4, -0.2) is 38.3 Å². The quantitative estimate of drug-likeness (QED) is 0.720. The van der Waals surface area contributed by atoms with Gasteiger partial charge in [-0.3, -0.25) is 4.79 Å². The fraction of sp³-hybridized carbons (Fsp3) is 0.500. The van der Waals surface area contributed by atoms with Gasteiger partial charge in [0.15, 0.2) is 5.78 Å². The highest BCUT2D eigenvalue weighted by Gasteiger charge is 2.41. The van der Waals surface area contributed by atoms with Gasteiger partial charge in [-0.25, -0.2) is 0 Å². The third-order valence-corrected chi connectivity index (χ3v) is 3.27. The average Bonchev–Trinajstić information content (AvgIpc) is 2.41. The molecule has 0 N–H and O–H groups in total. The summed E-state index contributed by atoms with van der Waals surface area (Å²) in [5.74, 6) is 0.0946. The van der Waals surface area contributed by atoms with Crippen molar-refractivity contribution in [3.63, 3.8) is 0 Å². The van der Waals surface area contributed by atoms with E-state index in [4.69, 9.17) is 25.8 Å². The van der Waals surface area contributed by atoms with E-state index in [1.807, 2.05) is 24.3 Å². The molecule has 1 aromatic carbocycles. The van der Waals surface area contributed by atoms with E-state index in [9.17, 15) is 4.79 Å². The van der Waals surface area contributed by atoms with E-state index in [1.165, 1.54) is 0 Å². The van der Waals surface area contributed by atoms with Gasteiger partial charge in [-0.2, -0.15) is 0 Å². The molecule has 2 atom stereocenters. The minimum absolute atomic E-state index is 0.0946. The van der Waals surface area contributed by atoms with Gasteiger partial charge in [-0.1, -0.05) is 23.7 Å². The Labute approximate surface area is 117 Å². The number of benzene rings is 1. The lowest BCUT2D eigenvalue weighted by Crippen LogP contribution is -2.50. The first kappa shape index (κ1) is 14.5. The Hall–Kier alpha value is -0.940. The smallest absolute Gasteiger partial charge is 0.166 e. The van der Waals surface area contributed by atoms with Crippen molar-refractivity contribution in [2.45, 2.75) is 25.2 Å². The molecule has 1 fully saturated rings. The van der Waals surface area contributed by atoms with Crippen LogP contribution in [0.1, 0.15) is 12.0 Å². The van der Waals surface area contributed by atoms with Gasteiger partial charge in [0.05, 0.1) is 25.9 Å². The first-order valence-electron chi connectivity index (χ1n) is 6.20. The van der Waals surface area contributed by atoms with Gasteiger partial charge in [-0.05, 0) is 17.7 Å². The largest absolute Gasteiger partial charge is 0.382 e. The van der Waals surface area contributed by atoms with Gasteiger partial charge < -0.3 is 14.2 Å². The molecule has 2 unspecified atom stereocenters. The first-order valence-corrected chi connectivity index (χ1v) is 6.58. The Morgan fingerprint density at radius 1 is 1.21 bits per heavy atom. The summed E-state index contributed by atoms with van der Waals surface area (Å²) in [6, 6.07) is 7.45. The molecule has 0 amide bonds. The maximum atomic E-state index is 11.4. The molecule has 1 aliphatic rings. The zero-order chi connectivity index (χ0) is 13.7. The number of hydrogen-bond donors (Lipinski definition) is 0. The van der Waals surface area contributed by atoms with E-state index in [-0.39, 0.29) is 11.9 Å². The Kier molecular flexibility index (Phi) is 5.34. The number of halogens is 1. The summed E-state index contributed by atoms with van der Waals surface area (Å²) in [6.07, 6.45) is -0.173. The van der Waals surface area contributed by atoms with Crippen LogP contribution in [0.2, 0.25) is 5.02 Å². The van der Waals surface area contributed by atoms with Crippen LogP contribution in [0, 0.1) is 0 Å². The number of carbonyl (C=O) groups excluding carboxylic acids is 1. The van der Waals surface area contributed by atoms with Gasteiger partial charge in [0, 0.05) is 18.6 Å².